The molecule has 7 heteroatoms. The summed E-state index contributed by atoms with van der Waals surface area (Å²) in [5, 5.41) is 10.8. The molecular weight excluding hydrogens is 330 g/mol. The molecule has 1 aliphatic rings. The van der Waals surface area contributed by atoms with Crippen LogP contribution < -0.4 is 0 Å². The average Bonchev–Trinajstić information content (AvgIpc) is 3.06. The first-order chi connectivity index (χ1) is 11.6. The normalized spacial score (nSPS) is 17.8. The number of carbonyl (C=O) groups excluding carboxylic acids is 2. The molecular formula is C17H19NO5S. The minimum Gasteiger partial charge on any atom is -0.506 e. The molecule has 0 saturated carbocycles. The Morgan fingerprint density at radius 1 is 1.21 bits per heavy atom. The summed E-state index contributed by atoms with van der Waals surface area (Å²) >= 11 is 1.22. The van der Waals surface area contributed by atoms with Crippen LogP contribution in [0.15, 0.2) is 40.9 Å². The Bertz CT molecular complexity index is 669. The van der Waals surface area contributed by atoms with Crippen LogP contribution >= 0.6 is 11.8 Å². The number of ether oxygens (including phenoxy) is 2. The highest BCUT2D eigenvalue weighted by Gasteiger charge is 2.32. The van der Waals surface area contributed by atoms with Gasteiger partial charge in [0.05, 0.1) is 13.2 Å². The van der Waals surface area contributed by atoms with Crippen molar-refractivity contribution in [1.82, 2.24) is 0 Å². The zero-order valence-electron chi connectivity index (χ0n) is 13.5. The predicted octanol–water partition coefficient (Wildman–Crippen LogP) is 2.60. The molecule has 1 aromatic rings. The number of carbonyl (C=O) groups is 2. The molecule has 1 aromatic carbocycles. The summed E-state index contributed by atoms with van der Waals surface area (Å²) in [4.78, 5) is 28.4. The van der Waals surface area contributed by atoms with Gasteiger partial charge in [0, 0.05) is 11.3 Å². The molecule has 2 rings (SSSR count). The van der Waals surface area contributed by atoms with Crippen molar-refractivity contribution in [2.75, 3.05) is 19.0 Å². The van der Waals surface area contributed by atoms with Crippen LogP contribution in [-0.4, -0.2) is 47.1 Å². The second-order valence-electron chi connectivity index (χ2n) is 4.82. The molecule has 1 aliphatic heterocycles. The lowest BCUT2D eigenvalue weighted by Gasteiger charge is -2.10. The molecule has 128 valence electrons. The standard InChI is InChI=1S/C17H19NO5S/c1-3-22-16(20)12-10-24-15(18-12)13(17(21)23-4-2)14(19)11-8-6-5-7-9-11/h5-9,12,19H,3-4,10H2,1-2H3/t12-/m0/s1. The maximum absolute atomic E-state index is 12.3. The van der Waals surface area contributed by atoms with E-state index in [0.717, 1.165) is 0 Å². The summed E-state index contributed by atoms with van der Waals surface area (Å²) in [5.41, 5.74) is 0.447. The number of hydrogen-bond donors (Lipinski definition) is 1. The van der Waals surface area contributed by atoms with E-state index < -0.39 is 18.0 Å². The first-order valence-corrected chi connectivity index (χ1v) is 8.60. The van der Waals surface area contributed by atoms with Crippen LogP contribution in [0.1, 0.15) is 19.4 Å². The van der Waals surface area contributed by atoms with Gasteiger partial charge in [0.2, 0.25) is 0 Å². The summed E-state index contributed by atoms with van der Waals surface area (Å²) in [6.07, 6.45) is 0. The molecule has 0 spiro atoms. The van der Waals surface area contributed by atoms with Crippen molar-refractivity contribution in [3.8, 4) is 0 Å². The van der Waals surface area contributed by atoms with Gasteiger partial charge < -0.3 is 14.6 Å². The molecule has 0 aliphatic carbocycles. The molecule has 0 bridgehead atoms. The predicted molar refractivity (Wildman–Crippen MR) is 92.9 cm³/mol. The van der Waals surface area contributed by atoms with Crippen molar-refractivity contribution in [2.45, 2.75) is 19.9 Å². The fourth-order valence-corrected chi connectivity index (χ4v) is 3.15. The number of aliphatic imine (C=N–C) groups is 1. The second kappa shape index (κ2) is 8.54. The minimum absolute atomic E-state index is 0.0279. The molecule has 0 fully saturated rings. The van der Waals surface area contributed by atoms with Crippen molar-refractivity contribution in [2.24, 2.45) is 4.99 Å². The monoisotopic (exact) mass is 349 g/mol. The van der Waals surface area contributed by atoms with Crippen molar-refractivity contribution >= 4 is 34.5 Å². The summed E-state index contributed by atoms with van der Waals surface area (Å²) < 4.78 is 9.99. The van der Waals surface area contributed by atoms with E-state index in [1.165, 1.54) is 11.8 Å². The Kier molecular flexibility index (Phi) is 6.43. The lowest BCUT2D eigenvalue weighted by atomic mass is 10.1. The molecule has 1 N–H and O–H groups in total. The third-order valence-corrected chi connectivity index (χ3v) is 4.25. The van der Waals surface area contributed by atoms with E-state index >= 15 is 0 Å². The maximum Gasteiger partial charge on any atom is 0.344 e. The summed E-state index contributed by atoms with van der Waals surface area (Å²) in [6.45, 7) is 3.83. The zero-order valence-corrected chi connectivity index (χ0v) is 14.3. The number of rotatable bonds is 6. The van der Waals surface area contributed by atoms with E-state index in [0.29, 0.717) is 11.3 Å². The van der Waals surface area contributed by atoms with Gasteiger partial charge in [-0.25, -0.2) is 9.59 Å². The van der Waals surface area contributed by atoms with Crippen molar-refractivity contribution < 1.29 is 24.2 Å². The first kappa shape index (κ1) is 18.1. The number of thioether (sulfide) groups is 1. The van der Waals surface area contributed by atoms with E-state index in [2.05, 4.69) is 4.99 Å². The number of benzene rings is 1. The largest absolute Gasteiger partial charge is 0.506 e. The van der Waals surface area contributed by atoms with Crippen LogP contribution in [0.5, 0.6) is 0 Å². The Hall–Kier alpha value is -2.28. The fraction of sp³-hybridized carbons (Fsp3) is 0.353. The topological polar surface area (TPSA) is 85.2 Å². The maximum atomic E-state index is 12.3. The van der Waals surface area contributed by atoms with Gasteiger partial charge in [-0.15, -0.1) is 11.8 Å². The van der Waals surface area contributed by atoms with Gasteiger partial charge >= 0.3 is 11.9 Å². The van der Waals surface area contributed by atoms with Gasteiger partial charge in [0.25, 0.3) is 0 Å². The second-order valence-corrected chi connectivity index (χ2v) is 5.83. The minimum atomic E-state index is -0.682. The molecule has 1 atom stereocenters. The van der Waals surface area contributed by atoms with Crippen molar-refractivity contribution in [3.63, 3.8) is 0 Å². The lowest BCUT2D eigenvalue weighted by Crippen LogP contribution is -2.21. The van der Waals surface area contributed by atoms with Gasteiger partial charge in [0.15, 0.2) is 6.04 Å². The number of aliphatic hydroxyl groups excluding tert-OH is 1. The van der Waals surface area contributed by atoms with Crippen LogP contribution in [0.4, 0.5) is 0 Å². The van der Waals surface area contributed by atoms with Crippen molar-refractivity contribution in [1.29, 1.82) is 0 Å². The summed E-state index contributed by atoms with van der Waals surface area (Å²) in [6, 6.07) is 7.98. The zero-order chi connectivity index (χ0) is 17.5. The van der Waals surface area contributed by atoms with Crippen LogP contribution in [0, 0.1) is 0 Å². The van der Waals surface area contributed by atoms with Crippen LogP contribution in [0.25, 0.3) is 5.76 Å². The van der Waals surface area contributed by atoms with Crippen LogP contribution in [0.2, 0.25) is 0 Å². The quantitative estimate of drug-likeness (QED) is 0.483. The molecule has 0 radical (unpaired) electrons. The van der Waals surface area contributed by atoms with Gasteiger partial charge in [-0.2, -0.15) is 0 Å². The van der Waals surface area contributed by atoms with Crippen LogP contribution in [-0.2, 0) is 19.1 Å². The van der Waals surface area contributed by atoms with E-state index in [-0.39, 0.29) is 29.6 Å². The van der Waals surface area contributed by atoms with Crippen LogP contribution in [0.3, 0.4) is 0 Å². The van der Waals surface area contributed by atoms with E-state index in [1.807, 2.05) is 0 Å². The third kappa shape index (κ3) is 4.17. The highest BCUT2D eigenvalue weighted by Crippen LogP contribution is 2.29. The Morgan fingerprint density at radius 3 is 2.50 bits per heavy atom. The van der Waals surface area contributed by atoms with E-state index in [4.69, 9.17) is 9.47 Å². The molecule has 0 saturated heterocycles. The Morgan fingerprint density at radius 2 is 1.88 bits per heavy atom. The molecule has 0 unspecified atom stereocenters. The van der Waals surface area contributed by atoms with Gasteiger partial charge in [0.1, 0.15) is 16.4 Å². The molecule has 0 aromatic heterocycles. The van der Waals surface area contributed by atoms with Gasteiger partial charge in [-0.3, -0.25) is 4.99 Å². The molecule has 24 heavy (non-hydrogen) atoms. The highest BCUT2D eigenvalue weighted by molar-refractivity contribution is 8.14. The average molecular weight is 349 g/mol. The van der Waals surface area contributed by atoms with Gasteiger partial charge in [-0.05, 0) is 13.8 Å². The fourth-order valence-electron chi connectivity index (χ4n) is 2.10. The van der Waals surface area contributed by atoms with E-state index in [1.54, 1.807) is 44.2 Å². The lowest BCUT2D eigenvalue weighted by molar-refractivity contribution is -0.144. The van der Waals surface area contributed by atoms with Gasteiger partial charge in [-0.1, -0.05) is 30.3 Å². The third-order valence-electron chi connectivity index (χ3n) is 3.19. The number of aliphatic hydroxyl groups is 1. The van der Waals surface area contributed by atoms with E-state index in [9.17, 15) is 14.7 Å². The van der Waals surface area contributed by atoms with Crippen molar-refractivity contribution in [3.05, 3.63) is 41.5 Å². The SMILES string of the molecule is CCOC(=O)C(C1=N[C@H](C(=O)OCC)CS1)=C(O)c1ccccc1. The smallest absolute Gasteiger partial charge is 0.344 e. The molecule has 1 heterocycles. The molecule has 0 amide bonds. The number of nitrogens with zero attached hydrogens (tertiary/aromatic N) is 1. The molecule has 6 nitrogen and oxygen atoms in total. The Labute approximate surface area is 144 Å². The first-order valence-electron chi connectivity index (χ1n) is 7.61. The Balaban J connectivity index is 2.39. The summed E-state index contributed by atoms with van der Waals surface area (Å²) in [7, 11) is 0. The highest BCUT2D eigenvalue weighted by atomic mass is 32.2. The number of hydrogen-bond acceptors (Lipinski definition) is 7. The number of esters is 2. The summed E-state index contributed by atoms with van der Waals surface area (Å²) in [5.74, 6) is -0.971.